The largest absolute Gasteiger partial charge is 0.493 e. The average molecular weight is 432 g/mol. The lowest BCUT2D eigenvalue weighted by Gasteiger charge is -2.16. The Hall–Kier alpha value is -2.89. The van der Waals surface area contributed by atoms with Gasteiger partial charge in [0.1, 0.15) is 6.61 Å². The molecule has 0 saturated heterocycles. The van der Waals surface area contributed by atoms with E-state index in [0.29, 0.717) is 28.1 Å². The third-order valence-electron chi connectivity index (χ3n) is 4.28. The molecule has 0 spiro atoms. The lowest BCUT2D eigenvalue weighted by atomic mass is 10.1. The Kier molecular flexibility index (Phi) is 6.86. The predicted octanol–water partition coefficient (Wildman–Crippen LogP) is 5.89. The van der Waals surface area contributed by atoms with Gasteiger partial charge in [-0.15, -0.1) is 0 Å². The maximum atomic E-state index is 11.0. The van der Waals surface area contributed by atoms with Crippen LogP contribution in [0.2, 0.25) is 10.0 Å². The van der Waals surface area contributed by atoms with Gasteiger partial charge in [0.15, 0.2) is 11.5 Å². The third-order valence-corrected chi connectivity index (χ3v) is 4.87. The number of carboxylic acid groups (broad SMARTS) is 1. The normalized spacial score (nSPS) is 10.4. The molecule has 0 amide bonds. The molecule has 2 N–H and O–H groups in total. The lowest BCUT2D eigenvalue weighted by Crippen LogP contribution is -2.06. The summed E-state index contributed by atoms with van der Waals surface area (Å²) < 4.78 is 11.5. The van der Waals surface area contributed by atoms with Crippen LogP contribution >= 0.6 is 23.2 Å². The Labute approximate surface area is 178 Å². The van der Waals surface area contributed by atoms with Crippen molar-refractivity contribution < 1.29 is 19.4 Å². The van der Waals surface area contributed by atoms with Crippen molar-refractivity contribution in [2.75, 3.05) is 12.4 Å². The quantitative estimate of drug-likeness (QED) is 0.465. The number of carboxylic acids is 1. The summed E-state index contributed by atoms with van der Waals surface area (Å²) in [6.45, 7) is 0.726. The van der Waals surface area contributed by atoms with Crippen LogP contribution < -0.4 is 14.8 Å². The van der Waals surface area contributed by atoms with Crippen LogP contribution in [0.3, 0.4) is 0 Å². The number of benzene rings is 3. The fourth-order valence-corrected chi connectivity index (χ4v) is 3.20. The van der Waals surface area contributed by atoms with E-state index in [4.69, 9.17) is 37.8 Å². The van der Waals surface area contributed by atoms with E-state index in [2.05, 4.69) is 5.32 Å². The summed E-state index contributed by atoms with van der Waals surface area (Å²) in [5.74, 6) is 0.257. The number of methoxy groups -OCH3 is 1. The van der Waals surface area contributed by atoms with E-state index in [1.54, 1.807) is 43.5 Å². The number of para-hydroxylation sites is 1. The molecule has 0 aliphatic rings. The van der Waals surface area contributed by atoms with Crippen molar-refractivity contribution in [1.82, 2.24) is 0 Å². The molecule has 3 rings (SSSR count). The second kappa shape index (κ2) is 9.54. The van der Waals surface area contributed by atoms with Crippen LogP contribution in [0, 0.1) is 0 Å². The van der Waals surface area contributed by atoms with Crippen molar-refractivity contribution in [3.05, 3.63) is 87.4 Å². The molecular formula is C22H19Cl2NO4. The first-order valence-electron chi connectivity index (χ1n) is 8.77. The van der Waals surface area contributed by atoms with Crippen LogP contribution in [0.25, 0.3) is 0 Å². The van der Waals surface area contributed by atoms with E-state index < -0.39 is 5.97 Å². The number of ether oxygens (including phenoxy) is 2. The van der Waals surface area contributed by atoms with Crippen LogP contribution in [-0.4, -0.2) is 18.2 Å². The van der Waals surface area contributed by atoms with Crippen molar-refractivity contribution in [2.45, 2.75) is 13.2 Å². The first-order valence-corrected chi connectivity index (χ1v) is 9.53. The SMILES string of the molecule is COc1cccc(CNc2ccc(C(=O)O)cc2)c1OCc1ccc(Cl)cc1Cl. The van der Waals surface area contributed by atoms with Gasteiger partial charge in [-0.05, 0) is 42.5 Å². The summed E-state index contributed by atoms with van der Waals surface area (Å²) >= 11 is 12.2. The van der Waals surface area contributed by atoms with Gasteiger partial charge in [-0.2, -0.15) is 0 Å². The van der Waals surface area contributed by atoms with Gasteiger partial charge >= 0.3 is 5.97 Å². The van der Waals surface area contributed by atoms with Crippen molar-refractivity contribution in [1.29, 1.82) is 0 Å². The highest BCUT2D eigenvalue weighted by Crippen LogP contribution is 2.33. The molecule has 0 atom stereocenters. The van der Waals surface area contributed by atoms with E-state index in [-0.39, 0.29) is 12.2 Å². The van der Waals surface area contributed by atoms with Crippen LogP contribution in [0.1, 0.15) is 21.5 Å². The molecule has 0 aliphatic heterocycles. The average Bonchev–Trinajstić information content (AvgIpc) is 2.72. The molecule has 3 aromatic rings. The first-order chi connectivity index (χ1) is 14.0. The molecule has 0 radical (unpaired) electrons. The molecule has 0 unspecified atom stereocenters. The summed E-state index contributed by atoms with van der Waals surface area (Å²) in [6, 6.07) is 17.4. The molecular weight excluding hydrogens is 413 g/mol. The highest BCUT2D eigenvalue weighted by atomic mass is 35.5. The van der Waals surface area contributed by atoms with Gasteiger partial charge in [0.05, 0.1) is 12.7 Å². The number of nitrogens with one attached hydrogen (secondary N) is 1. The molecule has 150 valence electrons. The number of hydrogen-bond donors (Lipinski definition) is 2. The molecule has 0 fully saturated rings. The number of halogens is 2. The Bertz CT molecular complexity index is 1010. The standard InChI is InChI=1S/C22H19Cl2NO4/c1-28-20-4-2-3-15(12-25-18-9-6-14(7-10-18)22(26)27)21(20)29-13-16-5-8-17(23)11-19(16)24/h2-11,25H,12-13H2,1H3,(H,26,27). The zero-order chi connectivity index (χ0) is 20.8. The van der Waals surface area contributed by atoms with Gasteiger partial charge < -0.3 is 19.9 Å². The Morgan fingerprint density at radius 3 is 2.45 bits per heavy atom. The molecule has 0 aliphatic carbocycles. The molecule has 0 heterocycles. The Balaban J connectivity index is 1.75. The lowest BCUT2D eigenvalue weighted by molar-refractivity contribution is 0.0697. The van der Waals surface area contributed by atoms with Gasteiger partial charge in [0.25, 0.3) is 0 Å². The first kappa shape index (κ1) is 20.8. The minimum Gasteiger partial charge on any atom is -0.493 e. The predicted molar refractivity (Wildman–Crippen MR) is 115 cm³/mol. The van der Waals surface area contributed by atoms with Crippen molar-refractivity contribution >= 4 is 34.9 Å². The van der Waals surface area contributed by atoms with E-state index in [9.17, 15) is 4.79 Å². The number of carbonyl (C=O) groups is 1. The molecule has 0 aromatic heterocycles. The highest BCUT2D eigenvalue weighted by Gasteiger charge is 2.12. The highest BCUT2D eigenvalue weighted by molar-refractivity contribution is 6.35. The maximum Gasteiger partial charge on any atom is 0.335 e. The monoisotopic (exact) mass is 431 g/mol. The second-order valence-corrected chi connectivity index (χ2v) is 7.05. The molecule has 7 heteroatoms. The summed E-state index contributed by atoms with van der Waals surface area (Å²) in [5.41, 5.74) is 2.73. The Morgan fingerprint density at radius 1 is 1.03 bits per heavy atom. The van der Waals surface area contributed by atoms with Crippen molar-refractivity contribution in [3.8, 4) is 11.5 Å². The topological polar surface area (TPSA) is 67.8 Å². The zero-order valence-electron chi connectivity index (χ0n) is 15.6. The summed E-state index contributed by atoms with van der Waals surface area (Å²) in [7, 11) is 1.58. The minimum absolute atomic E-state index is 0.237. The van der Waals surface area contributed by atoms with E-state index in [1.807, 2.05) is 24.3 Å². The fraction of sp³-hybridized carbons (Fsp3) is 0.136. The third kappa shape index (κ3) is 5.34. The van der Waals surface area contributed by atoms with Gasteiger partial charge in [-0.1, -0.05) is 41.4 Å². The van der Waals surface area contributed by atoms with E-state index in [1.165, 1.54) is 0 Å². The molecule has 3 aromatic carbocycles. The number of rotatable bonds is 8. The maximum absolute atomic E-state index is 11.0. The zero-order valence-corrected chi connectivity index (χ0v) is 17.1. The summed E-state index contributed by atoms with van der Waals surface area (Å²) in [6.07, 6.45) is 0. The smallest absolute Gasteiger partial charge is 0.335 e. The number of hydrogen-bond acceptors (Lipinski definition) is 4. The Morgan fingerprint density at radius 2 is 1.79 bits per heavy atom. The summed E-state index contributed by atoms with van der Waals surface area (Å²) in [4.78, 5) is 11.0. The van der Waals surface area contributed by atoms with Gasteiger partial charge in [-0.25, -0.2) is 4.79 Å². The molecule has 0 bridgehead atoms. The number of anilines is 1. The molecule has 5 nitrogen and oxygen atoms in total. The number of aromatic carboxylic acids is 1. The fourth-order valence-electron chi connectivity index (χ4n) is 2.74. The van der Waals surface area contributed by atoms with Gasteiger partial charge in [0.2, 0.25) is 0 Å². The van der Waals surface area contributed by atoms with Crippen LogP contribution in [0.5, 0.6) is 11.5 Å². The molecule has 29 heavy (non-hydrogen) atoms. The van der Waals surface area contributed by atoms with Crippen molar-refractivity contribution in [3.63, 3.8) is 0 Å². The van der Waals surface area contributed by atoms with E-state index in [0.717, 1.165) is 16.8 Å². The van der Waals surface area contributed by atoms with Crippen LogP contribution in [0.4, 0.5) is 5.69 Å². The van der Waals surface area contributed by atoms with Gasteiger partial charge in [0, 0.05) is 33.4 Å². The minimum atomic E-state index is -0.958. The van der Waals surface area contributed by atoms with Crippen molar-refractivity contribution in [2.24, 2.45) is 0 Å². The summed E-state index contributed by atoms with van der Waals surface area (Å²) in [5, 5.41) is 13.4. The van der Waals surface area contributed by atoms with Crippen LogP contribution in [0.15, 0.2) is 60.7 Å². The van der Waals surface area contributed by atoms with Crippen LogP contribution in [-0.2, 0) is 13.2 Å². The van der Waals surface area contributed by atoms with E-state index >= 15 is 0 Å². The molecule has 0 saturated carbocycles. The second-order valence-electron chi connectivity index (χ2n) is 6.21. The van der Waals surface area contributed by atoms with Gasteiger partial charge in [-0.3, -0.25) is 0 Å².